The van der Waals surface area contributed by atoms with Crippen molar-refractivity contribution in [1.29, 1.82) is 0 Å². The molecule has 0 saturated heterocycles. The normalized spacial score (nSPS) is 20.2. The standard InChI is InChI=1S/C9H16O.C8H18O3P/c1-7-4-8(10)6-9(2,3)5-7;1-3-5-7-10-12(9)11-8-6-4-2/h7H,4-6H2,1-3H3;3-8H2,1-2H3/q;+1. The van der Waals surface area contributed by atoms with Crippen LogP contribution in [-0.2, 0) is 18.4 Å². The molecule has 0 aliphatic heterocycles. The van der Waals surface area contributed by atoms with Crippen LogP contribution in [0.5, 0.6) is 0 Å². The second-order valence-electron chi connectivity index (χ2n) is 6.99. The number of carbonyl (C=O) groups is 1. The van der Waals surface area contributed by atoms with Gasteiger partial charge < -0.3 is 0 Å². The Kier molecular flexibility index (Phi) is 12.0. The van der Waals surface area contributed by atoms with E-state index >= 15 is 0 Å². The van der Waals surface area contributed by atoms with E-state index in [4.69, 9.17) is 9.05 Å². The number of hydrogen-bond acceptors (Lipinski definition) is 4. The molecule has 1 aliphatic rings. The van der Waals surface area contributed by atoms with Crippen LogP contribution >= 0.6 is 8.25 Å². The van der Waals surface area contributed by atoms with Gasteiger partial charge in [-0.15, -0.1) is 9.05 Å². The largest absolute Gasteiger partial charge is 0.697 e. The molecule has 0 N–H and O–H groups in total. The minimum absolute atomic E-state index is 0.273. The Labute approximate surface area is 137 Å². The second kappa shape index (κ2) is 12.2. The first-order valence-corrected chi connectivity index (χ1v) is 9.65. The molecule has 130 valence electrons. The zero-order valence-electron chi connectivity index (χ0n) is 15.0. The van der Waals surface area contributed by atoms with Gasteiger partial charge in [0.15, 0.2) is 0 Å². The fraction of sp³-hybridized carbons (Fsp3) is 0.941. The van der Waals surface area contributed by atoms with Gasteiger partial charge in [-0.25, -0.2) is 0 Å². The fourth-order valence-electron chi connectivity index (χ4n) is 2.69. The summed E-state index contributed by atoms with van der Waals surface area (Å²) in [5.41, 5.74) is 0.273. The summed E-state index contributed by atoms with van der Waals surface area (Å²) >= 11 is 0. The molecule has 4 nitrogen and oxygen atoms in total. The number of Topliss-reactive ketones (excluding diaryl/α,β-unsaturated/α-hetero) is 1. The Morgan fingerprint density at radius 2 is 1.64 bits per heavy atom. The van der Waals surface area contributed by atoms with Crippen molar-refractivity contribution in [2.24, 2.45) is 11.3 Å². The summed E-state index contributed by atoms with van der Waals surface area (Å²) in [4.78, 5) is 11.1. The van der Waals surface area contributed by atoms with Gasteiger partial charge >= 0.3 is 8.25 Å². The van der Waals surface area contributed by atoms with Gasteiger partial charge in [0.2, 0.25) is 0 Å². The maximum absolute atomic E-state index is 11.1. The first-order valence-electron chi connectivity index (χ1n) is 8.55. The SMILES string of the molecule is CC1CC(=O)CC(C)(C)C1.CCCCO[P+](=O)OCCCC. The number of carbonyl (C=O) groups excluding carboxylic acids is 1. The summed E-state index contributed by atoms with van der Waals surface area (Å²) in [6.07, 6.45) is 6.80. The van der Waals surface area contributed by atoms with Crippen LogP contribution in [0, 0.1) is 11.3 Å². The molecule has 0 spiro atoms. The Hall–Kier alpha value is -0.310. The lowest BCUT2D eigenvalue weighted by atomic mass is 9.72. The molecule has 0 aromatic heterocycles. The highest BCUT2D eigenvalue weighted by Crippen LogP contribution is 2.36. The Balaban J connectivity index is 0.000000406. The van der Waals surface area contributed by atoms with E-state index in [1.54, 1.807) is 0 Å². The molecule has 1 saturated carbocycles. The number of ketones is 1. The van der Waals surface area contributed by atoms with Crippen molar-refractivity contribution in [1.82, 2.24) is 0 Å². The molecule has 1 unspecified atom stereocenters. The summed E-state index contributed by atoms with van der Waals surface area (Å²) in [5.74, 6) is 1.06. The molecule has 1 atom stereocenters. The Bertz CT molecular complexity index is 317. The molecule has 1 fully saturated rings. The summed E-state index contributed by atoms with van der Waals surface area (Å²) < 4.78 is 20.7. The van der Waals surface area contributed by atoms with Crippen LogP contribution in [0.2, 0.25) is 0 Å². The average molecular weight is 333 g/mol. The molecule has 0 bridgehead atoms. The fourth-order valence-corrected chi connectivity index (χ4v) is 3.32. The highest BCUT2D eigenvalue weighted by molar-refractivity contribution is 7.33. The van der Waals surface area contributed by atoms with E-state index in [0.717, 1.165) is 38.5 Å². The zero-order chi connectivity index (χ0) is 17.0. The average Bonchev–Trinajstić information content (AvgIpc) is 2.37. The summed E-state index contributed by atoms with van der Waals surface area (Å²) in [7, 11) is -1.85. The minimum atomic E-state index is -1.85. The van der Waals surface area contributed by atoms with Gasteiger partial charge in [0, 0.05) is 17.4 Å². The Morgan fingerprint density at radius 1 is 1.14 bits per heavy atom. The van der Waals surface area contributed by atoms with Gasteiger partial charge in [-0.05, 0) is 30.6 Å². The van der Waals surface area contributed by atoms with Gasteiger partial charge in [0.1, 0.15) is 19.0 Å². The molecule has 22 heavy (non-hydrogen) atoms. The molecule has 5 heteroatoms. The summed E-state index contributed by atoms with van der Waals surface area (Å²) in [5, 5.41) is 0. The van der Waals surface area contributed by atoms with Crippen molar-refractivity contribution in [3.05, 3.63) is 0 Å². The van der Waals surface area contributed by atoms with E-state index in [1.807, 2.05) is 0 Å². The highest BCUT2D eigenvalue weighted by Gasteiger charge is 2.30. The minimum Gasteiger partial charge on any atom is -0.300 e. The van der Waals surface area contributed by atoms with Gasteiger partial charge in [-0.1, -0.05) is 47.5 Å². The van der Waals surface area contributed by atoms with Crippen molar-refractivity contribution in [2.45, 2.75) is 79.6 Å². The van der Waals surface area contributed by atoms with Gasteiger partial charge in [-0.2, -0.15) is 0 Å². The Morgan fingerprint density at radius 3 is 2.00 bits per heavy atom. The number of unbranched alkanes of at least 4 members (excludes halogenated alkanes) is 2. The second-order valence-corrected chi connectivity index (χ2v) is 7.95. The summed E-state index contributed by atoms with van der Waals surface area (Å²) in [6.45, 7) is 11.7. The molecule has 1 aliphatic carbocycles. The molecule has 0 heterocycles. The lowest BCUT2D eigenvalue weighted by molar-refractivity contribution is -0.124. The monoisotopic (exact) mass is 333 g/mol. The maximum atomic E-state index is 11.1. The van der Waals surface area contributed by atoms with Crippen LogP contribution < -0.4 is 0 Å². The smallest absolute Gasteiger partial charge is 0.300 e. The van der Waals surface area contributed by atoms with Gasteiger partial charge in [-0.3, -0.25) is 4.79 Å². The maximum Gasteiger partial charge on any atom is 0.697 e. The molecule has 1 rings (SSSR count). The lowest BCUT2D eigenvalue weighted by Crippen LogP contribution is -2.27. The van der Waals surface area contributed by atoms with Crippen molar-refractivity contribution in [3.63, 3.8) is 0 Å². The van der Waals surface area contributed by atoms with Crippen LogP contribution in [0.3, 0.4) is 0 Å². The lowest BCUT2D eigenvalue weighted by Gasteiger charge is -2.32. The van der Waals surface area contributed by atoms with E-state index in [0.29, 0.717) is 24.9 Å². The number of hydrogen-bond donors (Lipinski definition) is 0. The van der Waals surface area contributed by atoms with Crippen LogP contribution in [0.25, 0.3) is 0 Å². The van der Waals surface area contributed by atoms with Crippen molar-refractivity contribution in [3.8, 4) is 0 Å². The van der Waals surface area contributed by atoms with Gasteiger partial charge in [0.05, 0.1) is 0 Å². The van der Waals surface area contributed by atoms with Gasteiger partial charge in [0.25, 0.3) is 0 Å². The molecule has 0 aromatic carbocycles. The molecular weight excluding hydrogens is 299 g/mol. The third kappa shape index (κ3) is 12.3. The molecular formula is C17H34O4P+. The topological polar surface area (TPSA) is 52.6 Å². The third-order valence-electron chi connectivity index (χ3n) is 3.54. The van der Waals surface area contributed by atoms with E-state index in [9.17, 15) is 9.36 Å². The van der Waals surface area contributed by atoms with Crippen molar-refractivity contribution in [2.75, 3.05) is 13.2 Å². The van der Waals surface area contributed by atoms with Crippen LogP contribution in [0.1, 0.15) is 79.6 Å². The first-order chi connectivity index (χ1) is 10.3. The van der Waals surface area contributed by atoms with Crippen molar-refractivity contribution < 1.29 is 18.4 Å². The highest BCUT2D eigenvalue weighted by atomic mass is 31.1. The third-order valence-corrected chi connectivity index (χ3v) is 4.33. The van der Waals surface area contributed by atoms with E-state index in [2.05, 4.69) is 34.6 Å². The molecule has 0 radical (unpaired) electrons. The first kappa shape index (κ1) is 21.7. The van der Waals surface area contributed by atoms with Crippen molar-refractivity contribution >= 4 is 14.0 Å². The summed E-state index contributed by atoms with van der Waals surface area (Å²) in [6, 6.07) is 0. The van der Waals surface area contributed by atoms with E-state index in [1.165, 1.54) is 6.42 Å². The van der Waals surface area contributed by atoms with Crippen LogP contribution in [-0.4, -0.2) is 19.0 Å². The van der Waals surface area contributed by atoms with E-state index < -0.39 is 8.25 Å². The quantitative estimate of drug-likeness (QED) is 0.423. The van der Waals surface area contributed by atoms with E-state index in [-0.39, 0.29) is 5.41 Å². The van der Waals surface area contributed by atoms with Crippen LogP contribution in [0.15, 0.2) is 0 Å². The van der Waals surface area contributed by atoms with Crippen LogP contribution in [0.4, 0.5) is 0 Å². The molecule has 0 aromatic rings. The molecule has 0 amide bonds. The number of rotatable bonds is 8. The zero-order valence-corrected chi connectivity index (χ0v) is 15.9. The predicted molar refractivity (Wildman–Crippen MR) is 91.1 cm³/mol. The predicted octanol–water partition coefficient (Wildman–Crippen LogP) is 5.68.